The van der Waals surface area contributed by atoms with E-state index in [2.05, 4.69) is 58.8 Å². The monoisotopic (exact) mass is 426 g/mol. The fraction of sp³-hybridized carbons (Fsp3) is 0.789. The van der Waals surface area contributed by atoms with Gasteiger partial charge in [-0.05, 0) is 0 Å². The molecular formula is C19H39BSiSn. The van der Waals surface area contributed by atoms with Crippen LogP contribution in [-0.2, 0) is 0 Å². The van der Waals surface area contributed by atoms with Gasteiger partial charge in [0.05, 0.1) is 0 Å². The van der Waals surface area contributed by atoms with Gasteiger partial charge in [0, 0.05) is 0 Å². The third-order valence-corrected chi connectivity index (χ3v) is 24.7. The third-order valence-electron chi connectivity index (χ3n) is 5.61. The maximum absolute atomic E-state index is 2.68. The fourth-order valence-corrected chi connectivity index (χ4v) is 30.8. The van der Waals surface area contributed by atoms with Gasteiger partial charge in [0.25, 0.3) is 0 Å². The van der Waals surface area contributed by atoms with Gasteiger partial charge >= 0.3 is 147 Å². The van der Waals surface area contributed by atoms with Gasteiger partial charge in [0.2, 0.25) is 0 Å². The van der Waals surface area contributed by atoms with Gasteiger partial charge in [-0.2, -0.15) is 0 Å². The van der Waals surface area contributed by atoms with E-state index in [1.807, 2.05) is 16.2 Å². The molecule has 0 bridgehead atoms. The molecule has 0 atom stereocenters. The molecule has 3 heteroatoms. The predicted octanol–water partition coefficient (Wildman–Crippen LogP) is 6.93. The molecular weight excluding hydrogens is 386 g/mol. The Hall–Kier alpha value is 0.561. The minimum atomic E-state index is -2.04. The van der Waals surface area contributed by atoms with Crippen LogP contribution in [0.15, 0.2) is 19.5 Å². The number of allylic oxidation sites excluding steroid dienone is 3. The Morgan fingerprint density at radius 1 is 0.955 bits per heavy atom. The van der Waals surface area contributed by atoms with E-state index in [1.54, 1.807) is 0 Å². The number of hydrogen-bond acceptors (Lipinski definition) is 0. The summed E-state index contributed by atoms with van der Waals surface area (Å²) in [7, 11) is -1.36. The topological polar surface area (TPSA) is 0 Å². The summed E-state index contributed by atoms with van der Waals surface area (Å²) in [5, 5.41) is 1.96. The van der Waals surface area contributed by atoms with Gasteiger partial charge in [0.15, 0.2) is 0 Å². The van der Waals surface area contributed by atoms with Crippen LogP contribution in [0.5, 0.6) is 0 Å². The average Bonchev–Trinajstić information content (AvgIpc) is 2.65. The molecule has 0 fully saturated rings. The second-order valence-corrected chi connectivity index (χ2v) is 28.6. The van der Waals surface area contributed by atoms with Gasteiger partial charge < -0.3 is 0 Å². The van der Waals surface area contributed by atoms with Crippen molar-refractivity contribution in [3.05, 3.63) is 19.5 Å². The Morgan fingerprint density at radius 2 is 1.50 bits per heavy atom. The van der Waals surface area contributed by atoms with Crippen molar-refractivity contribution < 1.29 is 0 Å². The van der Waals surface area contributed by atoms with Crippen molar-refractivity contribution in [2.45, 2.75) is 93.9 Å². The zero-order valence-electron chi connectivity index (χ0n) is 16.8. The van der Waals surface area contributed by atoms with E-state index in [-0.39, 0.29) is 0 Å². The number of unbranched alkanes of at least 4 members (excludes halogenated alkanes) is 1. The molecule has 22 heavy (non-hydrogen) atoms. The van der Waals surface area contributed by atoms with Crippen molar-refractivity contribution >= 4 is 33.2 Å². The van der Waals surface area contributed by atoms with E-state index in [0.717, 1.165) is 6.71 Å². The van der Waals surface area contributed by atoms with Crippen LogP contribution in [0.2, 0.25) is 40.6 Å². The Morgan fingerprint density at radius 3 is 1.86 bits per heavy atom. The Bertz CT molecular complexity index is 451. The van der Waals surface area contributed by atoms with E-state index in [9.17, 15) is 0 Å². The normalized spacial score (nSPS) is 18.4. The summed E-state index contributed by atoms with van der Waals surface area (Å²) in [4.78, 5) is 7.96. The molecule has 1 aliphatic rings. The number of rotatable bonds is 8. The van der Waals surface area contributed by atoms with E-state index in [4.69, 9.17) is 0 Å². The van der Waals surface area contributed by atoms with E-state index in [0.29, 0.717) is 0 Å². The predicted molar refractivity (Wildman–Crippen MR) is 111 cm³/mol. The van der Waals surface area contributed by atoms with Crippen LogP contribution in [0.25, 0.3) is 0 Å². The number of hydrogen-bond donors (Lipinski definition) is 0. The van der Waals surface area contributed by atoms with Crippen LogP contribution in [-0.4, -0.2) is 33.2 Å². The zero-order chi connectivity index (χ0) is 17.1. The first-order valence-electron chi connectivity index (χ1n) is 9.64. The third kappa shape index (κ3) is 3.96. The molecule has 0 saturated heterocycles. The first-order chi connectivity index (χ1) is 10.2. The summed E-state index contributed by atoms with van der Waals surface area (Å²) in [6.07, 6.45) is 8.03. The first kappa shape index (κ1) is 20.6. The molecule has 0 nitrogen and oxygen atoms in total. The SMILES string of the molecule is CCCCC1=C(B(CC)CC)C(CC)=[C]([Sn]([CH3])([CH3])[CH3])[Si]1(C)C. The molecule has 0 radical (unpaired) electrons. The average molecular weight is 425 g/mol. The molecule has 0 N–H and O–H groups in total. The van der Waals surface area contributed by atoms with Gasteiger partial charge in [-0.1, -0.05) is 0 Å². The Balaban J connectivity index is 3.55. The molecule has 1 rings (SSSR count). The molecule has 0 spiro atoms. The molecule has 1 aliphatic heterocycles. The van der Waals surface area contributed by atoms with Gasteiger partial charge in [0.1, 0.15) is 0 Å². The van der Waals surface area contributed by atoms with Gasteiger partial charge in [-0.3, -0.25) is 0 Å². The molecule has 0 aromatic carbocycles. The molecule has 0 aromatic heterocycles. The minimum absolute atomic E-state index is 0.819. The first-order valence-corrected chi connectivity index (χ1v) is 22.6. The molecule has 0 unspecified atom stereocenters. The maximum atomic E-state index is 2.68. The fourth-order valence-electron chi connectivity index (χ4n) is 4.93. The van der Waals surface area contributed by atoms with Crippen molar-refractivity contribution in [1.29, 1.82) is 0 Å². The van der Waals surface area contributed by atoms with E-state index in [1.165, 1.54) is 38.3 Å². The standard InChI is InChI=1S/C16H30BSi.3CH3.Sn/c1-7-11-12-15-16(17(9-3)10-4)14(8-2)13-18(15,5)6;;;;/h7-12H2,1-6H3;3*1H3;. The van der Waals surface area contributed by atoms with Gasteiger partial charge in [-0.25, -0.2) is 0 Å². The van der Waals surface area contributed by atoms with E-state index >= 15 is 0 Å². The van der Waals surface area contributed by atoms with Crippen molar-refractivity contribution in [3.63, 3.8) is 0 Å². The summed E-state index contributed by atoms with van der Waals surface area (Å²) in [5.74, 6) is 0. The molecule has 0 amide bonds. The molecule has 0 saturated carbocycles. The van der Waals surface area contributed by atoms with Crippen molar-refractivity contribution in [1.82, 2.24) is 0 Å². The van der Waals surface area contributed by atoms with Crippen LogP contribution in [0, 0.1) is 0 Å². The second-order valence-electron chi connectivity index (χ2n) is 8.59. The summed E-state index contributed by atoms with van der Waals surface area (Å²) < 4.78 is 2.07. The van der Waals surface area contributed by atoms with Crippen LogP contribution >= 0.6 is 0 Å². The van der Waals surface area contributed by atoms with Crippen LogP contribution < -0.4 is 0 Å². The van der Waals surface area contributed by atoms with E-state index < -0.39 is 26.5 Å². The second kappa shape index (κ2) is 8.09. The zero-order valence-corrected chi connectivity index (χ0v) is 20.7. The van der Waals surface area contributed by atoms with Crippen LogP contribution in [0.4, 0.5) is 0 Å². The van der Waals surface area contributed by atoms with Gasteiger partial charge in [-0.15, -0.1) is 0 Å². The summed E-state index contributed by atoms with van der Waals surface area (Å²) in [6.45, 7) is 15.7. The molecule has 126 valence electrons. The molecule has 0 aliphatic carbocycles. The van der Waals surface area contributed by atoms with Crippen LogP contribution in [0.3, 0.4) is 0 Å². The van der Waals surface area contributed by atoms with Crippen molar-refractivity contribution in [2.75, 3.05) is 0 Å². The van der Waals surface area contributed by atoms with Crippen LogP contribution in [0.1, 0.15) is 53.4 Å². The quantitative estimate of drug-likeness (QED) is 0.370. The summed E-state index contributed by atoms with van der Waals surface area (Å²) in [5.41, 5.74) is 3.74. The van der Waals surface area contributed by atoms with Crippen molar-refractivity contribution in [3.8, 4) is 0 Å². The summed E-state index contributed by atoms with van der Waals surface area (Å²) in [6, 6.07) is 0. The Kier molecular flexibility index (Phi) is 7.58. The molecule has 1 heterocycles. The Labute approximate surface area is 146 Å². The molecule has 0 aromatic rings. The van der Waals surface area contributed by atoms with Crippen molar-refractivity contribution in [2.24, 2.45) is 0 Å². The summed E-state index contributed by atoms with van der Waals surface area (Å²) >= 11 is -2.04.